The first-order valence-electron chi connectivity index (χ1n) is 5.68. The van der Waals surface area contributed by atoms with E-state index in [0.29, 0.717) is 15.5 Å². The molecule has 0 aliphatic heterocycles. The lowest BCUT2D eigenvalue weighted by atomic mass is 10.2. The summed E-state index contributed by atoms with van der Waals surface area (Å²) in [5.74, 6) is -0.933. The summed E-state index contributed by atoms with van der Waals surface area (Å²) in [6.45, 7) is 0. The molecule has 2 heterocycles. The van der Waals surface area contributed by atoms with Crippen LogP contribution in [0.1, 0.15) is 10.4 Å². The van der Waals surface area contributed by atoms with E-state index < -0.39 is 11.7 Å². The zero-order chi connectivity index (χ0) is 14.1. The number of nitrogens with one attached hydrogen (secondary N) is 2. The Morgan fingerprint density at radius 1 is 1.30 bits per heavy atom. The molecular weight excluding hydrogens is 281 g/mol. The van der Waals surface area contributed by atoms with Crippen LogP contribution in [0.15, 0.2) is 41.2 Å². The molecule has 0 saturated carbocycles. The van der Waals surface area contributed by atoms with E-state index >= 15 is 0 Å². The van der Waals surface area contributed by atoms with Crippen LogP contribution in [0.3, 0.4) is 0 Å². The Labute approximate surface area is 116 Å². The van der Waals surface area contributed by atoms with Crippen LogP contribution in [-0.2, 0) is 0 Å². The number of carbonyl (C=O) groups is 1. The number of aromatic amines is 1. The van der Waals surface area contributed by atoms with Gasteiger partial charge in [-0.3, -0.25) is 14.9 Å². The molecule has 0 saturated heterocycles. The molecule has 7 heteroatoms. The highest BCUT2D eigenvalue weighted by Crippen LogP contribution is 2.23. The molecule has 0 aliphatic carbocycles. The van der Waals surface area contributed by atoms with Gasteiger partial charge in [-0.25, -0.2) is 9.37 Å². The zero-order valence-electron chi connectivity index (χ0n) is 10.0. The summed E-state index contributed by atoms with van der Waals surface area (Å²) in [6.07, 6.45) is 0. The molecule has 3 aromatic rings. The topological polar surface area (TPSA) is 74.8 Å². The van der Waals surface area contributed by atoms with Crippen LogP contribution in [0.25, 0.3) is 10.3 Å². The largest absolute Gasteiger partial charge is 0.312 e. The molecule has 0 aliphatic rings. The number of halogens is 1. The van der Waals surface area contributed by atoms with Crippen molar-refractivity contribution in [3.05, 3.63) is 58.1 Å². The summed E-state index contributed by atoms with van der Waals surface area (Å²) in [6, 6.07) is 8.31. The number of nitrogens with zero attached hydrogens (tertiary/aromatic N) is 1. The van der Waals surface area contributed by atoms with Gasteiger partial charge >= 0.3 is 0 Å². The summed E-state index contributed by atoms with van der Waals surface area (Å²) in [4.78, 5) is 30.5. The Morgan fingerprint density at radius 2 is 2.15 bits per heavy atom. The molecular formula is C13H8FN3O2S. The second kappa shape index (κ2) is 4.86. The maximum absolute atomic E-state index is 13.0. The van der Waals surface area contributed by atoms with Crippen LogP contribution >= 0.6 is 11.3 Å². The van der Waals surface area contributed by atoms with E-state index in [0.717, 1.165) is 17.4 Å². The van der Waals surface area contributed by atoms with Crippen LogP contribution in [0.5, 0.6) is 0 Å². The number of aromatic nitrogens is 2. The molecule has 100 valence electrons. The fourth-order valence-corrected chi connectivity index (χ4v) is 2.55. The van der Waals surface area contributed by atoms with E-state index in [1.165, 1.54) is 24.3 Å². The standard InChI is InChI=1S/C13H8FN3O2S/c14-8-3-1-2-7(6-8)11(19)17-13-15-9-4-5-10(18)16-12(9)20-13/h1-6H,(H,16,18)(H,15,17,19). The second-order valence-corrected chi connectivity index (χ2v) is 5.02. The predicted octanol–water partition coefficient (Wildman–Crippen LogP) is 2.38. The summed E-state index contributed by atoms with van der Waals surface area (Å²) in [5, 5.41) is 2.92. The maximum atomic E-state index is 13.0. The Hall–Kier alpha value is -2.54. The Bertz CT molecular complexity index is 856. The minimum Gasteiger partial charge on any atom is -0.312 e. The van der Waals surface area contributed by atoms with Crippen molar-refractivity contribution in [3.63, 3.8) is 0 Å². The predicted molar refractivity (Wildman–Crippen MR) is 74.6 cm³/mol. The van der Waals surface area contributed by atoms with Gasteiger partial charge in [-0.15, -0.1) is 0 Å². The molecule has 2 N–H and O–H groups in total. The smallest absolute Gasteiger partial charge is 0.257 e. The van der Waals surface area contributed by atoms with Crippen molar-refractivity contribution in [2.24, 2.45) is 0 Å². The van der Waals surface area contributed by atoms with E-state index in [-0.39, 0.29) is 11.1 Å². The minimum atomic E-state index is -0.480. The molecule has 0 spiro atoms. The van der Waals surface area contributed by atoms with Gasteiger partial charge in [-0.05, 0) is 24.3 Å². The third-order valence-electron chi connectivity index (χ3n) is 2.59. The molecule has 2 aromatic heterocycles. The SMILES string of the molecule is O=C(Nc1nc2ccc(=O)[nH]c2s1)c1cccc(F)c1. The Kier molecular flexibility index (Phi) is 3.03. The van der Waals surface area contributed by atoms with Crippen molar-refractivity contribution in [1.29, 1.82) is 0 Å². The fourth-order valence-electron chi connectivity index (χ4n) is 1.70. The number of carbonyl (C=O) groups excluding carboxylic acids is 1. The van der Waals surface area contributed by atoms with E-state index in [1.807, 2.05) is 0 Å². The van der Waals surface area contributed by atoms with Gasteiger partial charge in [-0.1, -0.05) is 17.4 Å². The molecule has 0 fully saturated rings. The van der Waals surface area contributed by atoms with Crippen molar-refractivity contribution in [2.75, 3.05) is 5.32 Å². The first-order valence-corrected chi connectivity index (χ1v) is 6.50. The second-order valence-electron chi connectivity index (χ2n) is 4.02. The average molecular weight is 289 g/mol. The van der Waals surface area contributed by atoms with Gasteiger partial charge in [0.25, 0.3) is 5.91 Å². The molecule has 3 rings (SSSR count). The molecule has 1 amide bonds. The molecule has 5 nitrogen and oxygen atoms in total. The fraction of sp³-hybridized carbons (Fsp3) is 0. The lowest BCUT2D eigenvalue weighted by molar-refractivity contribution is 0.102. The van der Waals surface area contributed by atoms with Crippen molar-refractivity contribution in [3.8, 4) is 0 Å². The van der Waals surface area contributed by atoms with Crippen LogP contribution < -0.4 is 10.9 Å². The van der Waals surface area contributed by atoms with Crippen LogP contribution in [0.4, 0.5) is 9.52 Å². The van der Waals surface area contributed by atoms with Gasteiger partial charge in [-0.2, -0.15) is 0 Å². The summed E-state index contributed by atoms with van der Waals surface area (Å²) in [7, 11) is 0. The quantitative estimate of drug-likeness (QED) is 0.760. The van der Waals surface area contributed by atoms with E-state index in [2.05, 4.69) is 15.3 Å². The molecule has 0 unspecified atom stereocenters. The van der Waals surface area contributed by atoms with Crippen molar-refractivity contribution in [2.45, 2.75) is 0 Å². The third-order valence-corrected chi connectivity index (χ3v) is 3.49. The van der Waals surface area contributed by atoms with Crippen molar-refractivity contribution in [1.82, 2.24) is 9.97 Å². The van der Waals surface area contributed by atoms with Crippen molar-refractivity contribution < 1.29 is 9.18 Å². The van der Waals surface area contributed by atoms with E-state index in [1.54, 1.807) is 6.07 Å². The molecule has 20 heavy (non-hydrogen) atoms. The van der Waals surface area contributed by atoms with E-state index in [9.17, 15) is 14.0 Å². The van der Waals surface area contributed by atoms with E-state index in [4.69, 9.17) is 0 Å². The third kappa shape index (κ3) is 2.43. The highest BCUT2D eigenvalue weighted by atomic mass is 32.1. The molecule has 0 atom stereocenters. The number of hydrogen-bond donors (Lipinski definition) is 2. The number of anilines is 1. The summed E-state index contributed by atoms with van der Waals surface area (Å²) in [5.41, 5.74) is 0.561. The monoisotopic (exact) mass is 289 g/mol. The highest BCUT2D eigenvalue weighted by Gasteiger charge is 2.10. The van der Waals surface area contributed by atoms with Crippen LogP contribution in [-0.4, -0.2) is 15.9 Å². The average Bonchev–Trinajstić information content (AvgIpc) is 2.80. The first-order chi connectivity index (χ1) is 9.61. The lowest BCUT2D eigenvalue weighted by Crippen LogP contribution is -2.11. The molecule has 1 aromatic carbocycles. The number of rotatable bonds is 2. The van der Waals surface area contributed by atoms with Gasteiger partial charge in [0.1, 0.15) is 16.2 Å². The van der Waals surface area contributed by atoms with Crippen molar-refractivity contribution >= 4 is 32.7 Å². The summed E-state index contributed by atoms with van der Waals surface area (Å²) < 4.78 is 13.0. The molecule has 0 radical (unpaired) electrons. The number of hydrogen-bond acceptors (Lipinski definition) is 4. The number of H-pyrrole nitrogens is 1. The minimum absolute atomic E-state index is 0.206. The zero-order valence-corrected chi connectivity index (χ0v) is 10.8. The Balaban J connectivity index is 1.89. The number of amides is 1. The number of thiazole rings is 1. The van der Waals surface area contributed by atoms with Gasteiger partial charge in [0.15, 0.2) is 5.13 Å². The van der Waals surface area contributed by atoms with Gasteiger partial charge in [0, 0.05) is 11.6 Å². The normalized spacial score (nSPS) is 10.7. The first kappa shape index (κ1) is 12.5. The van der Waals surface area contributed by atoms with Gasteiger partial charge in [0.2, 0.25) is 5.56 Å². The van der Waals surface area contributed by atoms with Crippen LogP contribution in [0.2, 0.25) is 0 Å². The number of fused-ring (bicyclic) bond motifs is 1. The number of pyridine rings is 1. The van der Waals surface area contributed by atoms with Gasteiger partial charge in [0.05, 0.1) is 0 Å². The Morgan fingerprint density at radius 3 is 2.95 bits per heavy atom. The summed E-state index contributed by atoms with van der Waals surface area (Å²) >= 11 is 1.15. The lowest BCUT2D eigenvalue weighted by Gasteiger charge is -2.00. The molecule has 0 bridgehead atoms. The maximum Gasteiger partial charge on any atom is 0.257 e. The highest BCUT2D eigenvalue weighted by molar-refractivity contribution is 7.21. The number of benzene rings is 1. The van der Waals surface area contributed by atoms with Crippen LogP contribution in [0, 0.1) is 5.82 Å². The van der Waals surface area contributed by atoms with Gasteiger partial charge < -0.3 is 4.98 Å².